The third-order valence-corrected chi connectivity index (χ3v) is 2.09. The number of aromatic nitrogens is 3. The van der Waals surface area contributed by atoms with Gasteiger partial charge < -0.3 is 0 Å². The predicted octanol–water partition coefficient (Wildman–Crippen LogP) is 1.54. The first-order valence-corrected chi connectivity index (χ1v) is 4.94. The van der Waals surface area contributed by atoms with Crippen LogP contribution in [0.5, 0.6) is 0 Å². The van der Waals surface area contributed by atoms with Crippen LogP contribution in [0.3, 0.4) is 0 Å². The molecule has 0 radical (unpaired) electrons. The van der Waals surface area contributed by atoms with Crippen molar-refractivity contribution in [3.05, 3.63) is 53.9 Å². The molecule has 4 heteroatoms. The first-order chi connectivity index (χ1) is 7.88. The minimum absolute atomic E-state index is 0.683. The van der Waals surface area contributed by atoms with E-state index in [4.69, 9.17) is 0 Å². The summed E-state index contributed by atoms with van der Waals surface area (Å²) in [6.07, 6.45) is 5.54. The number of carbonyl (C=O) groups excluding carboxylic acids is 1. The standard InChI is InChI=1S/C12H11N3O/c16-8-4-7-12-10-15(14-13-12)9-11-5-2-1-3-6-11/h1-8,10H,9H2/b7-4+. The van der Waals surface area contributed by atoms with Crippen molar-refractivity contribution in [3.63, 3.8) is 0 Å². The van der Waals surface area contributed by atoms with Crippen molar-refractivity contribution < 1.29 is 4.79 Å². The van der Waals surface area contributed by atoms with Gasteiger partial charge in [-0.2, -0.15) is 0 Å². The number of hydrogen-bond acceptors (Lipinski definition) is 3. The largest absolute Gasteiger partial charge is 0.299 e. The van der Waals surface area contributed by atoms with Crippen LogP contribution in [0.15, 0.2) is 42.6 Å². The van der Waals surface area contributed by atoms with Gasteiger partial charge in [0.05, 0.1) is 12.7 Å². The molecule has 0 atom stereocenters. The Labute approximate surface area is 93.2 Å². The zero-order valence-corrected chi connectivity index (χ0v) is 8.65. The summed E-state index contributed by atoms with van der Waals surface area (Å²) in [4.78, 5) is 10.1. The lowest BCUT2D eigenvalue weighted by Crippen LogP contribution is -1.99. The summed E-state index contributed by atoms with van der Waals surface area (Å²) in [7, 11) is 0. The van der Waals surface area contributed by atoms with Crippen LogP contribution in [0.2, 0.25) is 0 Å². The van der Waals surface area contributed by atoms with Crippen LogP contribution in [0.25, 0.3) is 6.08 Å². The molecule has 0 unspecified atom stereocenters. The van der Waals surface area contributed by atoms with Crippen LogP contribution in [-0.2, 0) is 11.3 Å². The fourth-order valence-corrected chi connectivity index (χ4v) is 1.38. The molecule has 80 valence electrons. The van der Waals surface area contributed by atoms with Crippen molar-refractivity contribution in [3.8, 4) is 0 Å². The molecule has 1 heterocycles. The number of rotatable bonds is 4. The van der Waals surface area contributed by atoms with E-state index >= 15 is 0 Å². The number of carbonyl (C=O) groups is 1. The highest BCUT2D eigenvalue weighted by molar-refractivity contribution is 5.72. The monoisotopic (exact) mass is 213 g/mol. The van der Waals surface area contributed by atoms with E-state index in [1.807, 2.05) is 30.3 Å². The molecule has 0 bridgehead atoms. The van der Waals surface area contributed by atoms with Gasteiger partial charge in [0, 0.05) is 0 Å². The third kappa shape index (κ3) is 2.63. The highest BCUT2D eigenvalue weighted by atomic mass is 16.1. The maximum atomic E-state index is 10.1. The molecule has 0 fully saturated rings. The molecule has 0 aliphatic carbocycles. The average Bonchev–Trinajstić information content (AvgIpc) is 2.75. The van der Waals surface area contributed by atoms with Crippen LogP contribution in [0, 0.1) is 0 Å². The summed E-state index contributed by atoms with van der Waals surface area (Å²) in [5, 5.41) is 7.88. The summed E-state index contributed by atoms with van der Waals surface area (Å²) >= 11 is 0. The number of nitrogens with zero attached hydrogens (tertiary/aromatic N) is 3. The second-order valence-corrected chi connectivity index (χ2v) is 3.32. The highest BCUT2D eigenvalue weighted by Gasteiger charge is 1.97. The minimum atomic E-state index is 0.683. The van der Waals surface area contributed by atoms with E-state index < -0.39 is 0 Å². The molecule has 2 rings (SSSR count). The molecule has 4 nitrogen and oxygen atoms in total. The summed E-state index contributed by atoms with van der Waals surface area (Å²) in [5.41, 5.74) is 1.85. The first kappa shape index (κ1) is 10.3. The maximum Gasteiger partial charge on any atom is 0.142 e. The smallest absolute Gasteiger partial charge is 0.142 e. The van der Waals surface area contributed by atoms with Gasteiger partial charge in [-0.15, -0.1) is 5.10 Å². The van der Waals surface area contributed by atoms with Crippen molar-refractivity contribution in [2.24, 2.45) is 0 Å². The summed E-state index contributed by atoms with van der Waals surface area (Å²) in [5.74, 6) is 0. The Morgan fingerprint density at radius 2 is 2.06 bits per heavy atom. The lowest BCUT2D eigenvalue weighted by atomic mass is 10.2. The second kappa shape index (κ2) is 5.02. The Morgan fingerprint density at radius 1 is 1.25 bits per heavy atom. The Kier molecular flexibility index (Phi) is 3.23. The van der Waals surface area contributed by atoms with Crippen LogP contribution in [-0.4, -0.2) is 21.3 Å². The van der Waals surface area contributed by atoms with E-state index in [1.54, 1.807) is 17.0 Å². The topological polar surface area (TPSA) is 47.8 Å². The van der Waals surface area contributed by atoms with Crippen molar-refractivity contribution >= 4 is 12.4 Å². The number of aldehydes is 1. The van der Waals surface area contributed by atoms with Crippen LogP contribution in [0.1, 0.15) is 11.3 Å². The maximum absolute atomic E-state index is 10.1. The Balaban J connectivity index is 2.08. The van der Waals surface area contributed by atoms with Gasteiger partial charge in [-0.05, 0) is 17.7 Å². The van der Waals surface area contributed by atoms with Gasteiger partial charge in [0.1, 0.15) is 12.0 Å². The Bertz CT molecular complexity index is 488. The predicted molar refractivity (Wildman–Crippen MR) is 60.7 cm³/mol. The SMILES string of the molecule is O=C/C=C/c1cn(Cc2ccccc2)nn1. The molecule has 0 saturated heterocycles. The zero-order chi connectivity index (χ0) is 11.2. The zero-order valence-electron chi connectivity index (χ0n) is 8.65. The summed E-state index contributed by atoms with van der Waals surface area (Å²) < 4.78 is 1.74. The second-order valence-electron chi connectivity index (χ2n) is 3.32. The van der Waals surface area contributed by atoms with Crippen molar-refractivity contribution in [1.82, 2.24) is 15.0 Å². The van der Waals surface area contributed by atoms with Gasteiger partial charge in [-0.25, -0.2) is 4.68 Å². The molecular formula is C12H11N3O. The van der Waals surface area contributed by atoms with E-state index in [1.165, 1.54) is 11.6 Å². The molecule has 16 heavy (non-hydrogen) atoms. The van der Waals surface area contributed by atoms with E-state index in [9.17, 15) is 4.79 Å². The van der Waals surface area contributed by atoms with Gasteiger partial charge in [0.15, 0.2) is 0 Å². The van der Waals surface area contributed by atoms with E-state index in [0.29, 0.717) is 12.2 Å². The molecule has 0 N–H and O–H groups in total. The van der Waals surface area contributed by atoms with E-state index in [0.717, 1.165) is 6.29 Å². The average molecular weight is 213 g/mol. The quantitative estimate of drug-likeness (QED) is 0.571. The third-order valence-electron chi connectivity index (χ3n) is 2.09. The highest BCUT2D eigenvalue weighted by Crippen LogP contribution is 2.02. The first-order valence-electron chi connectivity index (χ1n) is 4.94. The van der Waals surface area contributed by atoms with Crippen molar-refractivity contribution in [1.29, 1.82) is 0 Å². The van der Waals surface area contributed by atoms with Crippen LogP contribution in [0.4, 0.5) is 0 Å². The summed E-state index contributed by atoms with van der Waals surface area (Å²) in [6, 6.07) is 10.0. The normalized spacial score (nSPS) is 10.8. The lowest BCUT2D eigenvalue weighted by molar-refractivity contribution is -0.104. The number of allylic oxidation sites excluding steroid dienone is 1. The lowest BCUT2D eigenvalue weighted by Gasteiger charge is -1.98. The number of hydrogen-bond donors (Lipinski definition) is 0. The molecular weight excluding hydrogens is 202 g/mol. The molecule has 0 spiro atoms. The van der Waals surface area contributed by atoms with Crippen molar-refractivity contribution in [2.75, 3.05) is 0 Å². The molecule has 0 aliphatic rings. The molecule has 1 aromatic carbocycles. The minimum Gasteiger partial charge on any atom is -0.299 e. The van der Waals surface area contributed by atoms with Crippen LogP contribution >= 0.6 is 0 Å². The molecule has 0 saturated carbocycles. The van der Waals surface area contributed by atoms with E-state index in [-0.39, 0.29) is 0 Å². The van der Waals surface area contributed by atoms with Gasteiger partial charge in [-0.3, -0.25) is 4.79 Å². The Hall–Kier alpha value is -2.23. The molecule has 1 aromatic heterocycles. The van der Waals surface area contributed by atoms with Gasteiger partial charge >= 0.3 is 0 Å². The van der Waals surface area contributed by atoms with Gasteiger partial charge in [0.2, 0.25) is 0 Å². The van der Waals surface area contributed by atoms with Gasteiger partial charge in [0.25, 0.3) is 0 Å². The molecule has 0 amide bonds. The van der Waals surface area contributed by atoms with Gasteiger partial charge in [-0.1, -0.05) is 35.5 Å². The fourth-order valence-electron chi connectivity index (χ4n) is 1.38. The fraction of sp³-hybridized carbons (Fsp3) is 0.0833. The van der Waals surface area contributed by atoms with Crippen LogP contribution < -0.4 is 0 Å². The molecule has 2 aromatic rings. The van der Waals surface area contributed by atoms with E-state index in [2.05, 4.69) is 10.3 Å². The summed E-state index contributed by atoms with van der Waals surface area (Å²) in [6.45, 7) is 0.683. The van der Waals surface area contributed by atoms with Crippen molar-refractivity contribution in [2.45, 2.75) is 6.54 Å². The molecule has 0 aliphatic heterocycles. The number of benzene rings is 1. The Morgan fingerprint density at radius 3 is 2.81 bits per heavy atom.